The third kappa shape index (κ3) is 3.49. The largest absolute Gasteiger partial charge is 0.497 e. The van der Waals surface area contributed by atoms with Crippen molar-refractivity contribution in [1.82, 2.24) is 0 Å². The van der Waals surface area contributed by atoms with Gasteiger partial charge >= 0.3 is 11.9 Å². The Morgan fingerprint density at radius 3 is 1.10 bits per heavy atom. The lowest BCUT2D eigenvalue weighted by Crippen LogP contribution is -2.71. The van der Waals surface area contributed by atoms with Gasteiger partial charge in [-0.3, -0.25) is 9.59 Å². The number of benzene rings is 2. The molecule has 0 saturated heterocycles. The summed E-state index contributed by atoms with van der Waals surface area (Å²) < 4.78 is 9.81. The molecule has 0 heterocycles. The maximum Gasteiger partial charge on any atom is 0.348 e. The van der Waals surface area contributed by atoms with E-state index < -0.39 is 45.8 Å². The molecular weight excluding hydrogens is 400 g/mol. The van der Waals surface area contributed by atoms with Gasteiger partial charge in [-0.1, -0.05) is 0 Å². The first-order valence-electron chi connectivity index (χ1n) is 8.33. The second kappa shape index (κ2) is 8.31. The first kappa shape index (κ1) is 22.5. The zero-order valence-electron chi connectivity index (χ0n) is 15.9. The molecule has 0 bridgehead atoms. The van der Waals surface area contributed by atoms with Gasteiger partial charge in [-0.05, 0) is 48.5 Å². The van der Waals surface area contributed by atoms with Gasteiger partial charge in [0.2, 0.25) is 11.6 Å². The second-order valence-electron chi connectivity index (χ2n) is 6.15. The summed E-state index contributed by atoms with van der Waals surface area (Å²) in [7, 11) is 2.67. The number of carboxylic acid groups (broad SMARTS) is 2. The molecule has 0 spiro atoms. The lowest BCUT2D eigenvalue weighted by molar-refractivity contribution is -0.187. The Morgan fingerprint density at radius 2 is 0.900 bits per heavy atom. The number of carbonyl (C=O) groups excluding carboxylic acids is 2. The maximum absolute atomic E-state index is 12.8. The van der Waals surface area contributed by atoms with E-state index >= 15 is 0 Å². The van der Waals surface area contributed by atoms with Crippen molar-refractivity contribution in [2.24, 2.45) is 0 Å². The number of ether oxygens (including phenoxy) is 2. The molecule has 0 fully saturated rings. The van der Waals surface area contributed by atoms with Crippen molar-refractivity contribution in [3.8, 4) is 11.5 Å². The molecule has 0 aliphatic carbocycles. The van der Waals surface area contributed by atoms with Crippen LogP contribution in [0.25, 0.3) is 0 Å². The van der Waals surface area contributed by atoms with Crippen LogP contribution in [0.15, 0.2) is 48.5 Å². The SMILES string of the molecule is COc1ccc(C(=O)C(O)(C(=O)O)C(O)(C(=O)O)C(=O)c2ccc(OC)cc2)cc1. The van der Waals surface area contributed by atoms with Crippen molar-refractivity contribution in [2.45, 2.75) is 11.2 Å². The van der Waals surface area contributed by atoms with Crippen molar-refractivity contribution < 1.29 is 49.1 Å². The number of hydrogen-bond donors (Lipinski definition) is 4. The summed E-state index contributed by atoms with van der Waals surface area (Å²) in [4.78, 5) is 49.4. The van der Waals surface area contributed by atoms with E-state index in [1.165, 1.54) is 38.5 Å². The zero-order chi connectivity index (χ0) is 22.7. The number of ketones is 2. The third-order valence-corrected chi connectivity index (χ3v) is 4.50. The van der Waals surface area contributed by atoms with E-state index in [4.69, 9.17) is 9.47 Å². The van der Waals surface area contributed by atoms with Crippen LogP contribution in [0.4, 0.5) is 0 Å². The quantitative estimate of drug-likeness (QED) is 0.330. The monoisotopic (exact) mass is 418 g/mol. The van der Waals surface area contributed by atoms with Gasteiger partial charge in [0.05, 0.1) is 14.2 Å². The van der Waals surface area contributed by atoms with E-state index in [1.807, 2.05) is 0 Å². The van der Waals surface area contributed by atoms with Gasteiger partial charge in [-0.15, -0.1) is 0 Å². The molecule has 0 aliphatic rings. The highest BCUT2D eigenvalue weighted by molar-refractivity contribution is 6.28. The van der Waals surface area contributed by atoms with Gasteiger partial charge in [0.25, 0.3) is 11.2 Å². The Morgan fingerprint density at radius 1 is 0.633 bits per heavy atom. The summed E-state index contributed by atoms with van der Waals surface area (Å²) in [5.41, 5.74) is -9.01. The van der Waals surface area contributed by atoms with Crippen LogP contribution in [-0.4, -0.2) is 69.4 Å². The standard InChI is InChI=1S/C20H18O10/c1-29-13-7-3-11(4-8-13)15(21)19(27,17(23)24)20(28,18(25)26)16(22)12-5-9-14(30-2)10-6-12/h3-10,27-28H,1-2H3,(H,23,24)(H,25,26). The molecule has 2 unspecified atom stereocenters. The predicted octanol–water partition coefficient (Wildman–Crippen LogP) is 0.401. The van der Waals surface area contributed by atoms with Crippen molar-refractivity contribution in [2.75, 3.05) is 14.2 Å². The molecule has 2 rings (SSSR count). The van der Waals surface area contributed by atoms with Crippen LogP contribution in [-0.2, 0) is 9.59 Å². The molecule has 0 aliphatic heterocycles. The predicted molar refractivity (Wildman–Crippen MR) is 99.8 cm³/mol. The van der Waals surface area contributed by atoms with Crippen LogP contribution < -0.4 is 9.47 Å². The number of aliphatic hydroxyl groups is 2. The highest BCUT2D eigenvalue weighted by Crippen LogP contribution is 2.32. The van der Waals surface area contributed by atoms with Crippen molar-refractivity contribution >= 4 is 23.5 Å². The molecule has 2 atom stereocenters. The van der Waals surface area contributed by atoms with E-state index in [2.05, 4.69) is 0 Å². The van der Waals surface area contributed by atoms with Crippen molar-refractivity contribution in [3.63, 3.8) is 0 Å². The molecule has 0 saturated carbocycles. The summed E-state index contributed by atoms with van der Waals surface area (Å²) in [6.07, 6.45) is 0. The number of methoxy groups -OCH3 is 2. The van der Waals surface area contributed by atoms with Gasteiger partial charge < -0.3 is 29.9 Å². The van der Waals surface area contributed by atoms with Gasteiger partial charge in [-0.2, -0.15) is 0 Å². The fraction of sp³-hybridized carbons (Fsp3) is 0.200. The maximum atomic E-state index is 12.8. The minimum Gasteiger partial charge on any atom is -0.497 e. The molecular formula is C20H18O10. The molecule has 0 radical (unpaired) electrons. The molecule has 2 aromatic carbocycles. The lowest BCUT2D eigenvalue weighted by Gasteiger charge is -2.34. The van der Waals surface area contributed by atoms with Gasteiger partial charge in [0, 0.05) is 11.1 Å². The van der Waals surface area contributed by atoms with E-state index in [0.717, 1.165) is 24.3 Å². The molecule has 2 aromatic rings. The third-order valence-electron chi connectivity index (χ3n) is 4.50. The summed E-state index contributed by atoms with van der Waals surface area (Å²) in [5, 5.41) is 40.5. The van der Waals surface area contributed by atoms with Crippen molar-refractivity contribution in [1.29, 1.82) is 0 Å². The Kier molecular flexibility index (Phi) is 6.24. The minimum absolute atomic E-state index is 0.285. The minimum atomic E-state index is -4.04. The fourth-order valence-electron chi connectivity index (χ4n) is 2.73. The van der Waals surface area contributed by atoms with E-state index in [1.54, 1.807) is 0 Å². The first-order valence-corrected chi connectivity index (χ1v) is 8.33. The molecule has 4 N–H and O–H groups in total. The lowest BCUT2D eigenvalue weighted by atomic mass is 9.73. The number of carbonyl (C=O) groups is 4. The summed E-state index contributed by atoms with van der Waals surface area (Å²) >= 11 is 0. The van der Waals surface area contributed by atoms with Gasteiger partial charge in [-0.25, -0.2) is 9.59 Å². The van der Waals surface area contributed by atoms with Crippen LogP contribution in [0, 0.1) is 0 Å². The van der Waals surface area contributed by atoms with Crippen LogP contribution in [0.5, 0.6) is 11.5 Å². The molecule has 0 amide bonds. The van der Waals surface area contributed by atoms with Crippen LogP contribution in [0.2, 0.25) is 0 Å². The van der Waals surface area contributed by atoms with Crippen LogP contribution >= 0.6 is 0 Å². The van der Waals surface area contributed by atoms with Crippen molar-refractivity contribution in [3.05, 3.63) is 59.7 Å². The zero-order valence-corrected chi connectivity index (χ0v) is 15.9. The fourth-order valence-corrected chi connectivity index (χ4v) is 2.73. The average molecular weight is 418 g/mol. The van der Waals surface area contributed by atoms with E-state index in [9.17, 15) is 39.6 Å². The number of aliphatic carboxylic acids is 2. The summed E-state index contributed by atoms with van der Waals surface area (Å²) in [5.74, 6) is -7.68. The van der Waals surface area contributed by atoms with Crippen LogP contribution in [0.1, 0.15) is 20.7 Å². The molecule has 0 aromatic heterocycles. The molecule has 30 heavy (non-hydrogen) atoms. The Labute approximate surface area is 169 Å². The van der Waals surface area contributed by atoms with Crippen LogP contribution in [0.3, 0.4) is 0 Å². The highest BCUT2D eigenvalue weighted by atomic mass is 16.5. The average Bonchev–Trinajstić information content (AvgIpc) is 2.76. The second-order valence-corrected chi connectivity index (χ2v) is 6.15. The van der Waals surface area contributed by atoms with E-state index in [-0.39, 0.29) is 11.5 Å². The van der Waals surface area contributed by atoms with Gasteiger partial charge in [0.15, 0.2) is 0 Å². The number of carboxylic acids is 2. The Balaban J connectivity index is 2.64. The smallest absolute Gasteiger partial charge is 0.348 e. The summed E-state index contributed by atoms with van der Waals surface area (Å²) in [6, 6.07) is 9.21. The van der Waals surface area contributed by atoms with E-state index in [0.29, 0.717) is 0 Å². The normalized spacial score (nSPS) is 14.7. The molecule has 158 valence electrons. The Hall–Kier alpha value is -3.76. The number of hydrogen-bond acceptors (Lipinski definition) is 8. The number of rotatable bonds is 9. The first-order chi connectivity index (χ1) is 14.0. The number of Topliss-reactive ketones (excluding diaryl/α,β-unsaturated/α-hetero) is 2. The highest BCUT2D eigenvalue weighted by Gasteiger charge is 2.69. The molecule has 10 nitrogen and oxygen atoms in total. The van der Waals surface area contributed by atoms with Gasteiger partial charge in [0.1, 0.15) is 11.5 Å². The Bertz CT molecular complexity index is 898. The topological polar surface area (TPSA) is 168 Å². The molecule has 10 heteroatoms. The summed E-state index contributed by atoms with van der Waals surface area (Å²) in [6.45, 7) is 0.